The van der Waals surface area contributed by atoms with Crippen LogP contribution in [0.2, 0.25) is 5.02 Å². The molecule has 0 aliphatic carbocycles. The van der Waals surface area contributed by atoms with Crippen molar-refractivity contribution < 1.29 is 0 Å². The summed E-state index contributed by atoms with van der Waals surface area (Å²) in [5.74, 6) is 0. The Labute approximate surface area is 170 Å². The molecule has 5 nitrogen and oxygen atoms in total. The van der Waals surface area contributed by atoms with Gasteiger partial charge < -0.3 is 5.32 Å². The first-order valence-electron chi connectivity index (χ1n) is 9.00. The van der Waals surface area contributed by atoms with Crippen LogP contribution >= 0.6 is 22.9 Å². The molecule has 7 heteroatoms. The minimum Gasteiger partial charge on any atom is -0.313 e. The number of rotatable bonds is 2. The van der Waals surface area contributed by atoms with Crippen LogP contribution in [-0.4, -0.2) is 27.9 Å². The Kier molecular flexibility index (Phi) is 4.17. The molecule has 4 aromatic rings. The Bertz CT molecular complexity index is 1310. The molecule has 1 aliphatic rings. The summed E-state index contributed by atoms with van der Waals surface area (Å²) in [4.78, 5) is 4.78. The van der Waals surface area contributed by atoms with Gasteiger partial charge in [0.25, 0.3) is 0 Å². The lowest BCUT2D eigenvalue weighted by atomic mass is 10.0. The number of benzene rings is 2. The quantitative estimate of drug-likeness (QED) is 0.522. The third-order valence-corrected chi connectivity index (χ3v) is 6.33. The summed E-state index contributed by atoms with van der Waals surface area (Å²) in [7, 11) is 1.86. The summed E-state index contributed by atoms with van der Waals surface area (Å²) in [5, 5.41) is 19.9. The molecule has 0 saturated heterocycles. The Balaban J connectivity index is 1.66. The third-order valence-electron chi connectivity index (χ3n) is 4.96. The number of aromatic nitrogens is 3. The van der Waals surface area contributed by atoms with Gasteiger partial charge >= 0.3 is 0 Å². The van der Waals surface area contributed by atoms with Crippen molar-refractivity contribution in [2.75, 3.05) is 13.1 Å². The normalized spacial score (nSPS) is 14.4. The second-order valence-corrected chi connectivity index (χ2v) is 8.32. The van der Waals surface area contributed by atoms with Gasteiger partial charge in [0.2, 0.25) is 0 Å². The minimum absolute atomic E-state index is 0.564. The fraction of sp³-hybridized carbons (Fsp3) is 0.190. The Hall–Kier alpha value is -2.72. The summed E-state index contributed by atoms with van der Waals surface area (Å²) in [6.45, 7) is 1.86. The van der Waals surface area contributed by atoms with Crippen molar-refractivity contribution in [2.45, 2.75) is 6.42 Å². The van der Waals surface area contributed by atoms with Crippen LogP contribution in [0.5, 0.6) is 0 Å². The zero-order valence-electron chi connectivity index (χ0n) is 15.2. The van der Waals surface area contributed by atoms with E-state index in [1.807, 2.05) is 25.4 Å². The largest absolute Gasteiger partial charge is 0.313 e. The molecule has 1 aliphatic heterocycles. The topological polar surface area (TPSA) is 66.5 Å². The first-order valence-corrected chi connectivity index (χ1v) is 10.2. The molecule has 0 amide bonds. The molecule has 5 rings (SSSR count). The van der Waals surface area contributed by atoms with E-state index < -0.39 is 0 Å². The van der Waals surface area contributed by atoms with E-state index in [-0.39, 0.29) is 0 Å². The van der Waals surface area contributed by atoms with Crippen molar-refractivity contribution in [3.8, 4) is 17.2 Å². The lowest BCUT2D eigenvalue weighted by Crippen LogP contribution is -2.19. The van der Waals surface area contributed by atoms with Crippen molar-refractivity contribution >= 4 is 49.6 Å². The maximum atomic E-state index is 9.55. The van der Waals surface area contributed by atoms with Crippen molar-refractivity contribution in [1.82, 2.24) is 20.1 Å². The van der Waals surface area contributed by atoms with Crippen molar-refractivity contribution in [3.05, 3.63) is 52.1 Å². The molecule has 0 bridgehead atoms. The molecule has 0 radical (unpaired) electrons. The van der Waals surface area contributed by atoms with E-state index >= 15 is 0 Å². The molecule has 3 heterocycles. The number of hydrogen-bond acceptors (Lipinski definition) is 5. The van der Waals surface area contributed by atoms with Crippen LogP contribution in [0.3, 0.4) is 0 Å². The highest BCUT2D eigenvalue weighted by molar-refractivity contribution is 7.19. The number of nitrogens with one attached hydrogen (secondary N) is 1. The molecule has 2 aromatic carbocycles. The number of aryl methyl sites for hydroxylation is 1. The van der Waals surface area contributed by atoms with Gasteiger partial charge in [-0.15, -0.1) is 11.3 Å². The van der Waals surface area contributed by atoms with Crippen LogP contribution in [0.4, 0.5) is 0 Å². The molecule has 2 aromatic heterocycles. The van der Waals surface area contributed by atoms with Gasteiger partial charge in [0.15, 0.2) is 0 Å². The van der Waals surface area contributed by atoms with Crippen LogP contribution in [0, 0.1) is 11.3 Å². The van der Waals surface area contributed by atoms with Crippen LogP contribution in [0.15, 0.2) is 36.5 Å². The Morgan fingerprint density at radius 1 is 1.21 bits per heavy atom. The van der Waals surface area contributed by atoms with Crippen molar-refractivity contribution in [3.63, 3.8) is 0 Å². The second-order valence-electron chi connectivity index (χ2n) is 6.88. The molecule has 1 N–H and O–H groups in total. The first-order chi connectivity index (χ1) is 13.6. The highest BCUT2D eigenvalue weighted by Gasteiger charge is 2.16. The first kappa shape index (κ1) is 17.4. The van der Waals surface area contributed by atoms with Crippen molar-refractivity contribution in [2.24, 2.45) is 7.05 Å². The molecular formula is C21H16ClN5S. The maximum Gasteiger partial charge on any atom is 0.120 e. The van der Waals surface area contributed by atoms with Crippen LogP contribution < -0.4 is 5.32 Å². The van der Waals surface area contributed by atoms with E-state index in [9.17, 15) is 5.26 Å². The van der Waals surface area contributed by atoms with Gasteiger partial charge in [0, 0.05) is 25.2 Å². The fourth-order valence-corrected chi connectivity index (χ4v) is 5.03. The number of nitriles is 1. The zero-order valence-corrected chi connectivity index (χ0v) is 16.7. The summed E-state index contributed by atoms with van der Waals surface area (Å²) < 4.78 is 2.79. The van der Waals surface area contributed by atoms with E-state index in [0.717, 1.165) is 56.8 Å². The minimum atomic E-state index is 0.564. The van der Waals surface area contributed by atoms with Crippen LogP contribution in [0.1, 0.15) is 17.0 Å². The van der Waals surface area contributed by atoms with E-state index in [0.29, 0.717) is 10.6 Å². The molecule has 0 fully saturated rings. The summed E-state index contributed by atoms with van der Waals surface area (Å²) in [5.41, 5.74) is 5.34. The zero-order chi connectivity index (χ0) is 19.3. The van der Waals surface area contributed by atoms with Gasteiger partial charge in [0.05, 0.1) is 15.3 Å². The molecular weight excluding hydrogens is 390 g/mol. The van der Waals surface area contributed by atoms with E-state index in [1.54, 1.807) is 16.0 Å². The average molecular weight is 406 g/mol. The van der Waals surface area contributed by atoms with Crippen LogP contribution in [-0.2, 0) is 7.05 Å². The molecule has 0 spiro atoms. The fourth-order valence-electron chi connectivity index (χ4n) is 3.62. The molecule has 0 saturated carbocycles. The van der Waals surface area contributed by atoms with Gasteiger partial charge in [0.1, 0.15) is 22.1 Å². The number of nitrogens with zero attached hydrogens (tertiary/aromatic N) is 4. The van der Waals surface area contributed by atoms with Gasteiger partial charge in [-0.1, -0.05) is 17.7 Å². The van der Waals surface area contributed by atoms with Crippen molar-refractivity contribution in [1.29, 1.82) is 5.26 Å². The Morgan fingerprint density at radius 2 is 2.07 bits per heavy atom. The predicted molar refractivity (Wildman–Crippen MR) is 115 cm³/mol. The lowest BCUT2D eigenvalue weighted by molar-refractivity contribution is 0.738. The van der Waals surface area contributed by atoms with Gasteiger partial charge in [-0.25, -0.2) is 4.98 Å². The molecule has 0 unspecified atom stereocenters. The maximum absolute atomic E-state index is 9.55. The number of halogens is 1. The standard InChI is InChI=1S/C21H16ClN5S/c1-27-11-16-7-13(6-15(10-23)19(16)26-27)14-8-17(22)20-18(9-14)28-21(25-20)12-2-4-24-5-3-12/h2,6-9,11,24H,3-5H2,1H3. The third kappa shape index (κ3) is 2.89. The average Bonchev–Trinajstić information content (AvgIpc) is 3.30. The van der Waals surface area contributed by atoms with Gasteiger partial charge in [-0.3, -0.25) is 4.68 Å². The van der Waals surface area contributed by atoms with E-state index in [4.69, 9.17) is 16.6 Å². The number of thiazole rings is 1. The molecule has 0 atom stereocenters. The Morgan fingerprint density at radius 3 is 2.86 bits per heavy atom. The van der Waals surface area contributed by atoms with Gasteiger partial charge in [-0.2, -0.15) is 10.4 Å². The molecule has 138 valence electrons. The monoisotopic (exact) mass is 405 g/mol. The predicted octanol–water partition coefficient (Wildman–Crippen LogP) is 4.75. The van der Waals surface area contributed by atoms with Gasteiger partial charge in [-0.05, 0) is 53.9 Å². The summed E-state index contributed by atoms with van der Waals surface area (Å²) >= 11 is 8.26. The van der Waals surface area contributed by atoms with E-state index in [1.165, 1.54) is 5.57 Å². The lowest BCUT2D eigenvalue weighted by Gasteiger charge is -2.10. The smallest absolute Gasteiger partial charge is 0.120 e. The van der Waals surface area contributed by atoms with Crippen LogP contribution in [0.25, 0.3) is 37.8 Å². The summed E-state index contributed by atoms with van der Waals surface area (Å²) in [6.07, 6.45) is 5.10. The van der Waals surface area contributed by atoms with E-state index in [2.05, 4.69) is 34.7 Å². The highest BCUT2D eigenvalue weighted by atomic mass is 35.5. The highest BCUT2D eigenvalue weighted by Crippen LogP contribution is 2.37. The second kappa shape index (κ2) is 6.71. The molecule has 28 heavy (non-hydrogen) atoms. The number of hydrogen-bond donors (Lipinski definition) is 1. The number of fused-ring (bicyclic) bond motifs is 2. The summed E-state index contributed by atoms with van der Waals surface area (Å²) in [6, 6.07) is 10.2. The SMILES string of the molecule is Cn1cc2cc(-c3cc(Cl)c4nc(C5=CCNCC5)sc4c3)cc(C#N)c2n1.